The van der Waals surface area contributed by atoms with Crippen LogP contribution in [-0.4, -0.2) is 78.8 Å². The number of aliphatic carboxylic acids is 2. The number of halogens is 3. The highest BCUT2D eigenvalue weighted by Gasteiger charge is 2.38. The Morgan fingerprint density at radius 1 is 1.00 bits per heavy atom. The molecule has 268 valence electrons. The van der Waals surface area contributed by atoms with Crippen molar-refractivity contribution in [1.82, 2.24) is 10.0 Å². The van der Waals surface area contributed by atoms with Gasteiger partial charge in [-0.3, -0.25) is 19.8 Å². The first kappa shape index (κ1) is 39.5. The highest BCUT2D eigenvalue weighted by molar-refractivity contribution is 7.99. The van der Waals surface area contributed by atoms with Gasteiger partial charge in [0.25, 0.3) is 0 Å². The lowest BCUT2D eigenvalue weighted by Crippen LogP contribution is -2.51. The fourth-order valence-electron chi connectivity index (χ4n) is 4.42. The average molecular weight is 739 g/mol. The molecule has 0 bridgehead atoms. The van der Waals surface area contributed by atoms with Gasteiger partial charge in [0.2, 0.25) is 21.8 Å². The van der Waals surface area contributed by atoms with Gasteiger partial charge in [0, 0.05) is 22.8 Å². The van der Waals surface area contributed by atoms with Gasteiger partial charge in [-0.25, -0.2) is 17.9 Å². The largest absolute Gasteiger partial charge is 0.490 e. The van der Waals surface area contributed by atoms with Gasteiger partial charge < -0.3 is 31.9 Å². The summed E-state index contributed by atoms with van der Waals surface area (Å²) in [6, 6.07) is 18.0. The van der Waals surface area contributed by atoms with E-state index in [-0.39, 0.29) is 30.3 Å². The zero-order valence-corrected chi connectivity index (χ0v) is 27.6. The zero-order chi connectivity index (χ0) is 37.2. The van der Waals surface area contributed by atoms with Crippen molar-refractivity contribution in [3.63, 3.8) is 0 Å². The Balaban J connectivity index is 0.000000872. The Hall–Kier alpha value is -4.98. The number of nitrogens with one attached hydrogen (secondary N) is 3. The van der Waals surface area contributed by atoms with Gasteiger partial charge in [0.05, 0.1) is 11.4 Å². The van der Waals surface area contributed by atoms with E-state index in [9.17, 15) is 41.1 Å². The van der Waals surface area contributed by atoms with Crippen molar-refractivity contribution >= 4 is 57.1 Å². The molecule has 3 aromatic rings. The van der Waals surface area contributed by atoms with Crippen LogP contribution in [0.5, 0.6) is 0 Å². The molecule has 0 saturated heterocycles. The van der Waals surface area contributed by atoms with E-state index in [0.29, 0.717) is 27.3 Å². The highest BCUT2D eigenvalue weighted by Crippen LogP contribution is 2.35. The lowest BCUT2D eigenvalue weighted by atomic mass is 10.1. The summed E-state index contributed by atoms with van der Waals surface area (Å²) in [5.74, 6) is -5.38. The van der Waals surface area contributed by atoms with Gasteiger partial charge in [0.15, 0.2) is 0 Å². The number of benzene rings is 3. The van der Waals surface area contributed by atoms with Crippen molar-refractivity contribution in [2.75, 3.05) is 17.2 Å². The molecule has 0 aromatic heterocycles. The fourth-order valence-corrected chi connectivity index (χ4v) is 6.91. The van der Waals surface area contributed by atoms with Crippen LogP contribution >= 0.6 is 11.8 Å². The smallest absolute Gasteiger partial charge is 0.480 e. The number of amidine groups is 1. The summed E-state index contributed by atoms with van der Waals surface area (Å²) in [4.78, 5) is 49.0. The maximum absolute atomic E-state index is 13.8. The van der Waals surface area contributed by atoms with E-state index in [1.165, 1.54) is 16.7 Å². The molecule has 0 radical (unpaired) electrons. The molecule has 2 amide bonds. The van der Waals surface area contributed by atoms with Crippen LogP contribution < -0.4 is 26.4 Å². The number of nitrogen functional groups attached to an aromatic ring is 1. The van der Waals surface area contributed by atoms with Gasteiger partial charge in [-0.15, -0.1) is 11.8 Å². The summed E-state index contributed by atoms with van der Waals surface area (Å²) in [7, 11) is -3.93. The van der Waals surface area contributed by atoms with E-state index >= 15 is 0 Å². The molecular formula is C31H33F3N6O8S2. The van der Waals surface area contributed by atoms with E-state index in [1.54, 1.807) is 72.8 Å². The van der Waals surface area contributed by atoms with Crippen LogP contribution in [0.4, 0.5) is 18.9 Å². The summed E-state index contributed by atoms with van der Waals surface area (Å²) < 4.78 is 60.3. The Bertz CT molecular complexity index is 1830. The quantitative estimate of drug-likeness (QED) is 0.104. The number of carboxylic acids is 2. The molecule has 0 spiro atoms. The van der Waals surface area contributed by atoms with Crippen molar-refractivity contribution in [1.29, 1.82) is 5.41 Å². The fraction of sp³-hybridized carbons (Fsp3) is 0.258. The number of nitrogens with two attached hydrogens (primary N) is 2. The molecule has 4 rings (SSSR count). The molecule has 1 unspecified atom stereocenters. The number of alkyl halides is 3. The molecule has 0 saturated carbocycles. The topological polar surface area (TPSA) is 246 Å². The summed E-state index contributed by atoms with van der Waals surface area (Å²) in [5.41, 5.74) is 14.0. The molecule has 9 N–H and O–H groups in total. The minimum absolute atomic E-state index is 0.00903. The van der Waals surface area contributed by atoms with Crippen LogP contribution in [0.2, 0.25) is 0 Å². The molecule has 3 aromatic carbocycles. The number of carbonyl (C=O) groups is 4. The van der Waals surface area contributed by atoms with E-state index < -0.39 is 58.6 Å². The first-order chi connectivity index (χ1) is 23.4. The molecule has 1 heterocycles. The van der Waals surface area contributed by atoms with Crippen molar-refractivity contribution in [3.05, 3.63) is 95.1 Å². The van der Waals surface area contributed by atoms with Crippen molar-refractivity contribution in [2.45, 2.75) is 41.9 Å². The number of amides is 2. The van der Waals surface area contributed by atoms with Crippen LogP contribution in [0.3, 0.4) is 0 Å². The van der Waals surface area contributed by atoms with Crippen LogP contribution in [0, 0.1) is 5.41 Å². The summed E-state index contributed by atoms with van der Waals surface area (Å²) in [6.45, 7) is -0.273. The molecule has 1 aliphatic rings. The van der Waals surface area contributed by atoms with E-state index in [0.717, 1.165) is 5.56 Å². The number of rotatable bonds is 12. The molecule has 14 nitrogen and oxygen atoms in total. The summed E-state index contributed by atoms with van der Waals surface area (Å²) >= 11 is 1.25. The van der Waals surface area contributed by atoms with Gasteiger partial charge in [0.1, 0.15) is 24.5 Å². The van der Waals surface area contributed by atoms with Gasteiger partial charge in [-0.2, -0.15) is 13.2 Å². The number of fused-ring (bicyclic) bond motifs is 1. The number of carboxylic acid groups (broad SMARTS) is 2. The predicted molar refractivity (Wildman–Crippen MR) is 178 cm³/mol. The van der Waals surface area contributed by atoms with Crippen LogP contribution in [0.25, 0.3) is 0 Å². The van der Waals surface area contributed by atoms with Crippen molar-refractivity contribution < 1.29 is 51.0 Å². The Morgan fingerprint density at radius 3 is 2.16 bits per heavy atom. The molecule has 1 aliphatic heterocycles. The van der Waals surface area contributed by atoms with E-state index in [2.05, 4.69) is 10.0 Å². The van der Waals surface area contributed by atoms with Gasteiger partial charge >= 0.3 is 18.1 Å². The maximum atomic E-state index is 13.8. The van der Waals surface area contributed by atoms with Crippen LogP contribution in [-0.2, 0) is 47.9 Å². The number of anilines is 1. The van der Waals surface area contributed by atoms with Crippen molar-refractivity contribution in [3.8, 4) is 0 Å². The second-order valence-electron chi connectivity index (χ2n) is 10.8. The Kier molecular flexibility index (Phi) is 13.5. The number of sulfonamides is 1. The SMILES string of the molecule is N=C(N)c1ccc(CNC(=O)CN2C(=O)[C@H](NS(=O)(=O)Cc3ccccc3)CSc3ccc(CC(N)C(=O)O)cc32)cc1.O=C(O)C(F)(F)F. The van der Waals surface area contributed by atoms with Gasteiger partial charge in [-0.1, -0.05) is 60.7 Å². The maximum Gasteiger partial charge on any atom is 0.490 e. The third kappa shape index (κ3) is 11.9. The Morgan fingerprint density at radius 2 is 1.60 bits per heavy atom. The second kappa shape index (κ2) is 17.1. The summed E-state index contributed by atoms with van der Waals surface area (Å²) in [5, 5.41) is 26.6. The highest BCUT2D eigenvalue weighted by atomic mass is 32.2. The van der Waals surface area contributed by atoms with Crippen LogP contribution in [0.1, 0.15) is 22.3 Å². The Labute approximate surface area is 288 Å². The number of hydrogen-bond donors (Lipinski definition) is 7. The van der Waals surface area contributed by atoms with Gasteiger partial charge in [-0.05, 0) is 35.2 Å². The van der Waals surface area contributed by atoms with Crippen LogP contribution in [0.15, 0.2) is 77.7 Å². The lowest BCUT2D eigenvalue weighted by Gasteiger charge is -2.26. The molecule has 50 heavy (non-hydrogen) atoms. The summed E-state index contributed by atoms with van der Waals surface area (Å²) in [6.07, 6.45) is -5.09. The minimum atomic E-state index is -5.08. The molecular weight excluding hydrogens is 706 g/mol. The zero-order valence-electron chi connectivity index (χ0n) is 26.0. The predicted octanol–water partition coefficient (Wildman–Crippen LogP) is 1.80. The monoisotopic (exact) mass is 738 g/mol. The molecule has 19 heteroatoms. The molecule has 0 fully saturated rings. The third-order valence-corrected chi connectivity index (χ3v) is 9.39. The third-order valence-electron chi connectivity index (χ3n) is 6.88. The van der Waals surface area contributed by atoms with E-state index in [4.69, 9.17) is 26.8 Å². The second-order valence-corrected chi connectivity index (χ2v) is 13.6. The standard InChI is InChI=1S/C29H32N6O6S2.C2HF3O2/c30-22(29(38)39)12-20-8-11-25-24(13-20)35(15-26(36)33-14-18-6-9-21(10-7-18)27(31)32)28(37)23(16-42-25)34-43(40,41)17-19-4-2-1-3-5-19;3-2(4,5)1(6)7/h1-11,13,22-23,34H,12,14-17,30H2,(H3,31,32)(H,33,36)(H,38,39);(H,6,7)/t22?,23-;/m1./s1. The van der Waals surface area contributed by atoms with Crippen molar-refractivity contribution in [2.24, 2.45) is 11.5 Å². The first-order valence-corrected chi connectivity index (χ1v) is 17.1. The molecule has 2 atom stereocenters. The molecule has 0 aliphatic carbocycles. The number of carbonyl (C=O) groups excluding carboxylic acids is 2. The van der Waals surface area contributed by atoms with E-state index in [1.807, 2.05) is 0 Å². The number of hydrogen-bond acceptors (Lipinski definition) is 9. The minimum Gasteiger partial charge on any atom is -0.480 e. The lowest BCUT2D eigenvalue weighted by molar-refractivity contribution is -0.192. The number of thioether (sulfide) groups is 1. The average Bonchev–Trinajstić information content (AvgIpc) is 3.16. The number of nitrogens with zero attached hydrogens (tertiary/aromatic N) is 1. The first-order valence-electron chi connectivity index (χ1n) is 14.5. The normalized spacial score (nSPS) is 15.1.